The van der Waals surface area contributed by atoms with Crippen molar-refractivity contribution in [2.45, 2.75) is 32.9 Å². The van der Waals surface area contributed by atoms with Crippen molar-refractivity contribution in [1.29, 1.82) is 0 Å². The number of nitrogens with zero attached hydrogens (tertiary/aromatic N) is 2. The highest BCUT2D eigenvalue weighted by atomic mass is 19.4. The van der Waals surface area contributed by atoms with Gasteiger partial charge < -0.3 is 5.84 Å². The SMILES string of the molecule is CC1(C)CC(=O)c2c(-c3ccc(F)c(C(F)(F)F)c3)c(-c3ccncc3)n(N)c2C1. The molecular formula is C22H19F4N3O. The maximum Gasteiger partial charge on any atom is 0.419 e. The van der Waals surface area contributed by atoms with Crippen molar-refractivity contribution in [3.05, 3.63) is 65.4 Å². The predicted molar refractivity (Wildman–Crippen MR) is 105 cm³/mol. The minimum Gasteiger partial charge on any atom is -0.339 e. The normalized spacial score (nSPS) is 15.9. The van der Waals surface area contributed by atoms with Gasteiger partial charge in [0.15, 0.2) is 5.78 Å². The van der Waals surface area contributed by atoms with Crippen LogP contribution in [0.25, 0.3) is 22.4 Å². The van der Waals surface area contributed by atoms with Gasteiger partial charge in [0.2, 0.25) is 0 Å². The highest BCUT2D eigenvalue weighted by Crippen LogP contribution is 2.46. The number of hydrogen-bond donors (Lipinski definition) is 1. The summed E-state index contributed by atoms with van der Waals surface area (Å²) in [5.74, 6) is 4.81. The predicted octanol–water partition coefficient (Wildman–Crippen LogP) is 5.24. The van der Waals surface area contributed by atoms with E-state index in [0.717, 1.165) is 12.1 Å². The minimum absolute atomic E-state index is 0.0871. The number of aromatic nitrogens is 2. The van der Waals surface area contributed by atoms with Gasteiger partial charge in [-0.15, -0.1) is 0 Å². The van der Waals surface area contributed by atoms with E-state index < -0.39 is 17.6 Å². The lowest BCUT2D eigenvalue weighted by molar-refractivity contribution is -0.139. The molecule has 1 aliphatic rings. The molecule has 0 bridgehead atoms. The molecule has 0 amide bonds. The topological polar surface area (TPSA) is 60.9 Å². The molecule has 8 heteroatoms. The first-order valence-corrected chi connectivity index (χ1v) is 9.33. The molecular weight excluding hydrogens is 398 g/mol. The van der Waals surface area contributed by atoms with Crippen LogP contribution in [-0.4, -0.2) is 15.4 Å². The number of halogens is 4. The number of rotatable bonds is 2. The minimum atomic E-state index is -4.87. The van der Waals surface area contributed by atoms with Gasteiger partial charge in [0, 0.05) is 35.5 Å². The van der Waals surface area contributed by atoms with Crippen LogP contribution in [-0.2, 0) is 12.6 Å². The summed E-state index contributed by atoms with van der Waals surface area (Å²) in [6.07, 6.45) is -1.09. The van der Waals surface area contributed by atoms with Crippen LogP contribution in [0.2, 0.25) is 0 Å². The molecule has 156 valence electrons. The molecule has 1 aliphatic carbocycles. The molecule has 0 unspecified atom stereocenters. The van der Waals surface area contributed by atoms with Crippen LogP contribution in [0.15, 0.2) is 42.7 Å². The fraction of sp³-hybridized carbons (Fsp3) is 0.273. The van der Waals surface area contributed by atoms with E-state index in [-0.39, 0.29) is 28.7 Å². The number of fused-ring (bicyclic) bond motifs is 1. The largest absolute Gasteiger partial charge is 0.419 e. The fourth-order valence-electron chi connectivity index (χ4n) is 4.12. The van der Waals surface area contributed by atoms with Gasteiger partial charge in [-0.2, -0.15) is 13.2 Å². The second-order valence-corrected chi connectivity index (χ2v) is 8.28. The molecule has 2 N–H and O–H groups in total. The molecule has 0 atom stereocenters. The lowest BCUT2D eigenvalue weighted by Crippen LogP contribution is -2.29. The van der Waals surface area contributed by atoms with E-state index in [9.17, 15) is 22.4 Å². The van der Waals surface area contributed by atoms with Crippen LogP contribution in [0.5, 0.6) is 0 Å². The molecule has 0 saturated carbocycles. The van der Waals surface area contributed by atoms with Crippen molar-refractivity contribution in [2.75, 3.05) is 5.84 Å². The summed E-state index contributed by atoms with van der Waals surface area (Å²) in [6, 6.07) is 6.08. The fourth-order valence-corrected chi connectivity index (χ4v) is 4.12. The zero-order valence-corrected chi connectivity index (χ0v) is 16.3. The second-order valence-electron chi connectivity index (χ2n) is 8.28. The standard InChI is InChI=1S/C22H19F4N3O/c1-21(2)10-16-19(17(30)11-21)18(20(29(16)27)12-5-7-28-8-6-12)13-3-4-15(23)14(9-13)22(24,25)26/h3-9H,10-11,27H2,1-2H3. The lowest BCUT2D eigenvalue weighted by atomic mass is 9.75. The monoisotopic (exact) mass is 417 g/mol. The van der Waals surface area contributed by atoms with Crippen molar-refractivity contribution < 1.29 is 22.4 Å². The molecule has 3 aromatic rings. The number of nitrogens with two attached hydrogens (primary N) is 1. The summed E-state index contributed by atoms with van der Waals surface area (Å²) in [7, 11) is 0. The highest BCUT2D eigenvalue weighted by molar-refractivity contribution is 6.08. The zero-order valence-electron chi connectivity index (χ0n) is 16.3. The van der Waals surface area contributed by atoms with Crippen LogP contribution in [0.1, 0.15) is 41.9 Å². The number of carbonyl (C=O) groups is 1. The first-order valence-electron chi connectivity index (χ1n) is 9.33. The quantitative estimate of drug-likeness (QED) is 0.458. The van der Waals surface area contributed by atoms with Gasteiger partial charge in [-0.3, -0.25) is 14.5 Å². The molecule has 4 rings (SSSR count). The summed E-state index contributed by atoms with van der Waals surface area (Å²) in [6.45, 7) is 3.87. The van der Waals surface area contributed by atoms with E-state index in [4.69, 9.17) is 5.84 Å². The Morgan fingerprint density at radius 3 is 2.33 bits per heavy atom. The third-order valence-corrected chi connectivity index (χ3v) is 5.39. The van der Waals surface area contributed by atoms with E-state index >= 15 is 0 Å². The summed E-state index contributed by atoms with van der Waals surface area (Å²) in [5.41, 5.74) is 0.483. The third kappa shape index (κ3) is 3.26. The number of benzene rings is 1. The van der Waals surface area contributed by atoms with Crippen LogP contribution in [0.3, 0.4) is 0 Å². The Balaban J connectivity index is 2.07. The summed E-state index contributed by atoms with van der Waals surface area (Å²) in [5, 5.41) is 0. The van der Waals surface area contributed by atoms with Gasteiger partial charge >= 0.3 is 6.18 Å². The average molecular weight is 417 g/mol. The molecule has 0 spiro atoms. The second kappa shape index (κ2) is 6.68. The average Bonchev–Trinajstić information content (AvgIpc) is 2.94. The maximum atomic E-state index is 13.9. The van der Waals surface area contributed by atoms with Gasteiger partial charge in [0.05, 0.1) is 17.0 Å². The molecule has 1 aromatic carbocycles. The van der Waals surface area contributed by atoms with Gasteiger partial charge in [0.1, 0.15) is 5.82 Å². The summed E-state index contributed by atoms with van der Waals surface area (Å²) in [4.78, 5) is 17.0. The van der Waals surface area contributed by atoms with Crippen molar-refractivity contribution in [1.82, 2.24) is 9.66 Å². The number of ketones is 1. The van der Waals surface area contributed by atoms with Crippen LogP contribution in [0, 0.1) is 11.2 Å². The van der Waals surface area contributed by atoms with Gasteiger partial charge in [0.25, 0.3) is 0 Å². The smallest absolute Gasteiger partial charge is 0.339 e. The van der Waals surface area contributed by atoms with Crippen molar-refractivity contribution >= 4 is 5.78 Å². The van der Waals surface area contributed by atoms with Gasteiger partial charge in [-0.1, -0.05) is 19.9 Å². The summed E-state index contributed by atoms with van der Waals surface area (Å²) < 4.78 is 55.3. The van der Waals surface area contributed by atoms with Crippen LogP contribution < -0.4 is 5.84 Å². The number of Topliss-reactive ketones (excluding diaryl/α,β-unsaturated/α-hetero) is 1. The zero-order chi connectivity index (χ0) is 21.8. The van der Waals surface area contributed by atoms with E-state index in [1.54, 1.807) is 12.1 Å². The Labute approximate surface area is 170 Å². The number of hydrogen-bond acceptors (Lipinski definition) is 3. The molecule has 2 heterocycles. The molecule has 2 aromatic heterocycles. The number of carbonyl (C=O) groups excluding carboxylic acids is 1. The number of pyridine rings is 1. The van der Waals surface area contributed by atoms with Gasteiger partial charge in [-0.05, 0) is 41.7 Å². The maximum absolute atomic E-state index is 13.9. The molecule has 0 aliphatic heterocycles. The van der Waals surface area contributed by atoms with Crippen molar-refractivity contribution in [3.8, 4) is 22.4 Å². The third-order valence-electron chi connectivity index (χ3n) is 5.39. The van der Waals surface area contributed by atoms with Gasteiger partial charge in [-0.25, -0.2) is 4.39 Å². The van der Waals surface area contributed by atoms with E-state index in [0.29, 0.717) is 28.9 Å². The molecule has 0 saturated heterocycles. The van der Waals surface area contributed by atoms with Crippen LogP contribution in [0.4, 0.5) is 17.6 Å². The Hall–Kier alpha value is -3.16. The highest BCUT2D eigenvalue weighted by Gasteiger charge is 2.39. The number of nitrogen functional groups attached to an aromatic ring is 1. The molecule has 4 nitrogen and oxygen atoms in total. The Bertz CT molecular complexity index is 1150. The van der Waals surface area contributed by atoms with Crippen molar-refractivity contribution in [2.24, 2.45) is 5.41 Å². The van der Waals surface area contributed by atoms with Crippen LogP contribution >= 0.6 is 0 Å². The molecule has 0 fully saturated rings. The molecule has 30 heavy (non-hydrogen) atoms. The first kappa shape index (κ1) is 20.1. The summed E-state index contributed by atoms with van der Waals surface area (Å²) >= 11 is 0. The van der Waals surface area contributed by atoms with E-state index in [1.165, 1.54) is 23.1 Å². The molecule has 0 radical (unpaired) electrons. The Morgan fingerprint density at radius 1 is 1.03 bits per heavy atom. The van der Waals surface area contributed by atoms with E-state index in [1.807, 2.05) is 13.8 Å². The Kier molecular flexibility index (Phi) is 4.48. The lowest BCUT2D eigenvalue weighted by Gasteiger charge is -2.29. The Morgan fingerprint density at radius 2 is 1.70 bits per heavy atom. The first-order chi connectivity index (χ1) is 14.0. The van der Waals surface area contributed by atoms with E-state index in [2.05, 4.69) is 4.98 Å². The number of alkyl halides is 3. The van der Waals surface area contributed by atoms with Crippen molar-refractivity contribution in [3.63, 3.8) is 0 Å².